The molecule has 1 aromatic rings. The molecule has 3 heteroatoms. The molecule has 2 aliphatic rings. The molecule has 0 spiro atoms. The largest absolute Gasteiger partial charge is 0.427 e. The van der Waals surface area contributed by atoms with E-state index in [2.05, 4.69) is 11.0 Å². The lowest BCUT2D eigenvalue weighted by Crippen LogP contribution is -2.46. The Morgan fingerprint density at radius 2 is 1.95 bits per heavy atom. The fourth-order valence-electron chi connectivity index (χ4n) is 3.27. The second-order valence-electron chi connectivity index (χ2n) is 6.03. The maximum atomic E-state index is 10.9. The Labute approximate surface area is 126 Å². The Balaban J connectivity index is 1.73. The predicted octanol–water partition coefficient (Wildman–Crippen LogP) is 3.64. The van der Waals surface area contributed by atoms with Gasteiger partial charge in [-0.3, -0.25) is 9.69 Å². The number of nitrogens with zero attached hydrogens (tertiary/aromatic N) is 1. The first-order chi connectivity index (χ1) is 10.2. The molecule has 1 atom stereocenters. The minimum absolute atomic E-state index is 0.272. The number of hydrogen-bond acceptors (Lipinski definition) is 3. The van der Waals surface area contributed by atoms with Crippen molar-refractivity contribution < 1.29 is 9.53 Å². The number of hydrogen-bond donors (Lipinski definition) is 0. The van der Waals surface area contributed by atoms with Crippen molar-refractivity contribution in [3.63, 3.8) is 0 Å². The van der Waals surface area contributed by atoms with Gasteiger partial charge < -0.3 is 4.74 Å². The molecule has 1 saturated carbocycles. The fourth-order valence-corrected chi connectivity index (χ4v) is 3.27. The minimum atomic E-state index is -0.272. The molecule has 0 N–H and O–H groups in total. The Hall–Kier alpha value is -1.61. The Morgan fingerprint density at radius 1 is 1.19 bits per heavy atom. The van der Waals surface area contributed by atoms with E-state index in [-0.39, 0.29) is 5.97 Å². The highest BCUT2D eigenvalue weighted by atomic mass is 16.5. The first-order valence-electron chi connectivity index (χ1n) is 7.95. The maximum absolute atomic E-state index is 10.9. The number of likely N-dealkylation sites (tertiary alicyclic amines) is 1. The molecule has 2 fully saturated rings. The second-order valence-corrected chi connectivity index (χ2v) is 6.03. The molecular weight excluding hydrogens is 262 g/mol. The van der Waals surface area contributed by atoms with Crippen LogP contribution in [-0.4, -0.2) is 30.0 Å². The molecule has 112 valence electrons. The number of carbonyl (C=O) groups is 1. The van der Waals surface area contributed by atoms with E-state index in [9.17, 15) is 4.79 Å². The molecule has 1 aliphatic carbocycles. The third-order valence-electron chi connectivity index (χ3n) is 4.45. The molecular formula is C18H23NO2. The highest BCUT2D eigenvalue weighted by Crippen LogP contribution is 2.32. The summed E-state index contributed by atoms with van der Waals surface area (Å²) in [6.45, 7) is 3.94. The van der Waals surface area contributed by atoms with Crippen LogP contribution in [0.2, 0.25) is 0 Å². The summed E-state index contributed by atoms with van der Waals surface area (Å²) in [5.74, 6) is 0.346. The van der Waals surface area contributed by atoms with E-state index in [4.69, 9.17) is 4.74 Å². The molecule has 1 aromatic carbocycles. The standard InChI is InChI=1S/C18H23NO2/c1-14(20)21-17-9-7-15(8-10-17)13-16-5-2-3-6-18(16)19-11-4-12-19/h7-10,13,18H,2-6,11-12H2,1H3/b16-13+. The lowest BCUT2D eigenvalue weighted by atomic mass is 9.86. The highest BCUT2D eigenvalue weighted by Gasteiger charge is 2.28. The summed E-state index contributed by atoms with van der Waals surface area (Å²) < 4.78 is 5.08. The number of benzene rings is 1. The fraction of sp³-hybridized carbons (Fsp3) is 0.500. The van der Waals surface area contributed by atoms with Gasteiger partial charge in [0.15, 0.2) is 0 Å². The van der Waals surface area contributed by atoms with Gasteiger partial charge in [0.05, 0.1) is 0 Å². The summed E-state index contributed by atoms with van der Waals surface area (Å²) in [6, 6.07) is 8.46. The summed E-state index contributed by atoms with van der Waals surface area (Å²) in [4.78, 5) is 13.5. The first-order valence-corrected chi connectivity index (χ1v) is 7.95. The van der Waals surface area contributed by atoms with Gasteiger partial charge in [0.2, 0.25) is 0 Å². The van der Waals surface area contributed by atoms with Crippen LogP contribution in [0.5, 0.6) is 5.75 Å². The average molecular weight is 285 g/mol. The molecule has 1 unspecified atom stereocenters. The van der Waals surface area contributed by atoms with Crippen molar-refractivity contribution in [1.29, 1.82) is 0 Å². The summed E-state index contributed by atoms with van der Waals surface area (Å²) in [5, 5.41) is 0. The molecule has 0 aromatic heterocycles. The zero-order valence-electron chi connectivity index (χ0n) is 12.7. The SMILES string of the molecule is CC(=O)Oc1ccc(/C=C2\CCCCC2N2CCC2)cc1. The number of carbonyl (C=O) groups excluding carboxylic acids is 1. The summed E-state index contributed by atoms with van der Waals surface area (Å²) in [6.07, 6.45) is 8.86. The minimum Gasteiger partial charge on any atom is -0.427 e. The molecule has 1 aliphatic heterocycles. The smallest absolute Gasteiger partial charge is 0.308 e. The average Bonchev–Trinajstić information content (AvgIpc) is 2.41. The van der Waals surface area contributed by atoms with Crippen molar-refractivity contribution in [3.8, 4) is 5.75 Å². The topological polar surface area (TPSA) is 29.5 Å². The van der Waals surface area contributed by atoms with Crippen molar-refractivity contribution in [2.24, 2.45) is 0 Å². The lowest BCUT2D eigenvalue weighted by molar-refractivity contribution is -0.131. The van der Waals surface area contributed by atoms with Crippen LogP contribution in [0.25, 0.3) is 6.08 Å². The van der Waals surface area contributed by atoms with Crippen molar-refractivity contribution in [2.75, 3.05) is 13.1 Å². The molecule has 0 radical (unpaired) electrons. The normalized spacial score (nSPS) is 24.6. The van der Waals surface area contributed by atoms with Crippen LogP contribution in [-0.2, 0) is 4.79 Å². The molecule has 1 saturated heterocycles. The van der Waals surface area contributed by atoms with Crippen LogP contribution in [0.3, 0.4) is 0 Å². The van der Waals surface area contributed by atoms with Gasteiger partial charge in [-0.25, -0.2) is 0 Å². The van der Waals surface area contributed by atoms with Crippen molar-refractivity contribution >= 4 is 12.0 Å². The van der Waals surface area contributed by atoms with Gasteiger partial charge in [0.1, 0.15) is 5.75 Å². The molecule has 0 bridgehead atoms. The quantitative estimate of drug-likeness (QED) is 0.627. The van der Waals surface area contributed by atoms with E-state index in [1.54, 1.807) is 5.57 Å². The van der Waals surface area contributed by atoms with Crippen LogP contribution in [0, 0.1) is 0 Å². The number of rotatable bonds is 3. The van der Waals surface area contributed by atoms with Crippen molar-refractivity contribution in [2.45, 2.75) is 45.1 Å². The summed E-state index contributed by atoms with van der Waals surface area (Å²) in [7, 11) is 0. The highest BCUT2D eigenvalue weighted by molar-refractivity contribution is 5.69. The van der Waals surface area contributed by atoms with Gasteiger partial charge >= 0.3 is 5.97 Å². The van der Waals surface area contributed by atoms with Crippen LogP contribution in [0.4, 0.5) is 0 Å². The predicted molar refractivity (Wildman–Crippen MR) is 84.2 cm³/mol. The Morgan fingerprint density at radius 3 is 2.57 bits per heavy atom. The van der Waals surface area contributed by atoms with Crippen molar-refractivity contribution in [3.05, 3.63) is 35.4 Å². The third-order valence-corrected chi connectivity index (χ3v) is 4.45. The zero-order chi connectivity index (χ0) is 14.7. The summed E-state index contributed by atoms with van der Waals surface area (Å²) >= 11 is 0. The molecule has 3 nitrogen and oxygen atoms in total. The van der Waals surface area contributed by atoms with Gasteiger partial charge in [0, 0.05) is 13.0 Å². The van der Waals surface area contributed by atoms with Crippen LogP contribution in [0.1, 0.15) is 44.6 Å². The molecule has 1 heterocycles. The van der Waals surface area contributed by atoms with Gasteiger partial charge in [-0.05, 0) is 56.5 Å². The van der Waals surface area contributed by atoms with Gasteiger partial charge in [-0.15, -0.1) is 0 Å². The Kier molecular flexibility index (Phi) is 4.39. The summed E-state index contributed by atoms with van der Waals surface area (Å²) in [5.41, 5.74) is 2.77. The lowest BCUT2D eigenvalue weighted by Gasteiger charge is -2.42. The molecule has 0 amide bonds. The van der Waals surface area contributed by atoms with E-state index in [1.807, 2.05) is 24.3 Å². The van der Waals surface area contributed by atoms with Crippen molar-refractivity contribution in [1.82, 2.24) is 4.90 Å². The van der Waals surface area contributed by atoms with E-state index in [0.717, 1.165) is 0 Å². The second kappa shape index (κ2) is 6.44. The van der Waals surface area contributed by atoms with Gasteiger partial charge in [-0.2, -0.15) is 0 Å². The van der Waals surface area contributed by atoms with E-state index < -0.39 is 0 Å². The van der Waals surface area contributed by atoms with E-state index in [1.165, 1.54) is 57.7 Å². The number of ether oxygens (including phenoxy) is 1. The molecule has 3 rings (SSSR count). The van der Waals surface area contributed by atoms with Gasteiger partial charge in [0.25, 0.3) is 0 Å². The van der Waals surface area contributed by atoms with E-state index >= 15 is 0 Å². The Bertz CT molecular complexity index is 529. The van der Waals surface area contributed by atoms with Crippen LogP contribution in [0.15, 0.2) is 29.8 Å². The number of esters is 1. The van der Waals surface area contributed by atoms with Crippen LogP contribution < -0.4 is 4.74 Å². The van der Waals surface area contributed by atoms with Crippen LogP contribution >= 0.6 is 0 Å². The van der Waals surface area contributed by atoms with Gasteiger partial charge in [-0.1, -0.05) is 30.2 Å². The first kappa shape index (κ1) is 14.3. The third kappa shape index (κ3) is 3.53. The molecule has 21 heavy (non-hydrogen) atoms. The maximum Gasteiger partial charge on any atom is 0.308 e. The van der Waals surface area contributed by atoms with E-state index in [0.29, 0.717) is 11.8 Å². The zero-order valence-corrected chi connectivity index (χ0v) is 12.7. The monoisotopic (exact) mass is 285 g/mol.